The molecule has 0 aromatic carbocycles. The van der Waals surface area contributed by atoms with Crippen LogP contribution in [0.25, 0.3) is 0 Å². The number of aliphatic hydroxyl groups is 1. The maximum atomic E-state index is 8.76. The van der Waals surface area contributed by atoms with E-state index in [1.165, 1.54) is 0 Å². The molecule has 1 aromatic rings. The Morgan fingerprint density at radius 1 is 1.35 bits per heavy atom. The highest BCUT2D eigenvalue weighted by atomic mass is 16.2. The van der Waals surface area contributed by atoms with Gasteiger partial charge in [0.1, 0.15) is 0 Å². The number of nitrogens with zero attached hydrogens (tertiary/aromatic N) is 3. The van der Waals surface area contributed by atoms with E-state index in [0.29, 0.717) is 6.42 Å². The number of hydrogen-bond donors (Lipinski definition) is 1. The van der Waals surface area contributed by atoms with E-state index in [1.807, 2.05) is 18.3 Å². The Balaban J connectivity index is 2.42. The molecule has 0 bridgehead atoms. The first-order valence-electron chi connectivity index (χ1n) is 5.96. The standard InChI is InChI=1S/C13H19N3O/c14-6-4-9-16(8-1-2-10-17)12-13-5-3-7-15-11-13/h3,5,7,11,17H,1-2,4,8-10,12H2. The third-order valence-corrected chi connectivity index (χ3v) is 2.55. The monoisotopic (exact) mass is 233 g/mol. The van der Waals surface area contributed by atoms with E-state index in [1.54, 1.807) is 6.20 Å². The average Bonchev–Trinajstić information content (AvgIpc) is 2.37. The second-order valence-corrected chi connectivity index (χ2v) is 3.98. The van der Waals surface area contributed by atoms with Crippen molar-refractivity contribution in [1.29, 1.82) is 5.26 Å². The molecule has 1 heterocycles. The average molecular weight is 233 g/mol. The minimum Gasteiger partial charge on any atom is -0.396 e. The summed E-state index contributed by atoms with van der Waals surface area (Å²) in [5.41, 5.74) is 1.16. The maximum absolute atomic E-state index is 8.76. The van der Waals surface area contributed by atoms with Crippen LogP contribution >= 0.6 is 0 Å². The molecule has 0 aliphatic heterocycles. The van der Waals surface area contributed by atoms with Crippen LogP contribution in [0, 0.1) is 11.3 Å². The van der Waals surface area contributed by atoms with Crippen molar-refractivity contribution in [3.8, 4) is 6.07 Å². The zero-order chi connectivity index (χ0) is 12.3. The Morgan fingerprint density at radius 2 is 2.24 bits per heavy atom. The van der Waals surface area contributed by atoms with Crippen LogP contribution in [0.1, 0.15) is 24.8 Å². The smallest absolute Gasteiger partial charge is 0.0635 e. The fourth-order valence-electron chi connectivity index (χ4n) is 1.68. The van der Waals surface area contributed by atoms with Crippen molar-refractivity contribution in [2.45, 2.75) is 25.8 Å². The lowest BCUT2D eigenvalue weighted by atomic mass is 10.2. The van der Waals surface area contributed by atoms with Gasteiger partial charge >= 0.3 is 0 Å². The largest absolute Gasteiger partial charge is 0.396 e. The van der Waals surface area contributed by atoms with Crippen molar-refractivity contribution in [1.82, 2.24) is 9.88 Å². The first-order chi connectivity index (χ1) is 8.36. The molecule has 0 radical (unpaired) electrons. The molecule has 1 N–H and O–H groups in total. The van der Waals surface area contributed by atoms with Crippen molar-refractivity contribution in [2.24, 2.45) is 0 Å². The molecular formula is C13H19N3O. The maximum Gasteiger partial charge on any atom is 0.0635 e. The van der Waals surface area contributed by atoms with E-state index in [0.717, 1.165) is 38.0 Å². The number of rotatable bonds is 8. The molecule has 1 rings (SSSR count). The molecule has 0 aliphatic rings. The third-order valence-electron chi connectivity index (χ3n) is 2.55. The molecule has 0 aliphatic carbocycles. The van der Waals surface area contributed by atoms with Crippen molar-refractivity contribution >= 4 is 0 Å². The summed E-state index contributed by atoms with van der Waals surface area (Å²) in [5, 5.41) is 17.4. The van der Waals surface area contributed by atoms with Crippen molar-refractivity contribution in [3.05, 3.63) is 30.1 Å². The minimum atomic E-state index is 0.235. The topological polar surface area (TPSA) is 60.2 Å². The number of aliphatic hydroxyl groups excluding tert-OH is 1. The number of hydrogen-bond acceptors (Lipinski definition) is 4. The summed E-state index contributed by atoms with van der Waals surface area (Å²) in [6.45, 7) is 2.74. The normalized spacial score (nSPS) is 10.4. The lowest BCUT2D eigenvalue weighted by molar-refractivity contribution is 0.239. The summed E-state index contributed by atoms with van der Waals surface area (Å²) in [4.78, 5) is 6.31. The highest BCUT2D eigenvalue weighted by Crippen LogP contribution is 2.05. The number of pyridine rings is 1. The number of nitriles is 1. The van der Waals surface area contributed by atoms with E-state index in [-0.39, 0.29) is 6.61 Å². The minimum absolute atomic E-state index is 0.235. The van der Waals surface area contributed by atoms with E-state index in [2.05, 4.69) is 16.0 Å². The predicted octanol–water partition coefficient (Wildman–Crippen LogP) is 1.57. The van der Waals surface area contributed by atoms with E-state index >= 15 is 0 Å². The van der Waals surface area contributed by atoms with Gasteiger partial charge in [0.25, 0.3) is 0 Å². The van der Waals surface area contributed by atoms with Crippen LogP contribution in [-0.2, 0) is 6.54 Å². The van der Waals surface area contributed by atoms with E-state index in [4.69, 9.17) is 10.4 Å². The van der Waals surface area contributed by atoms with Gasteiger partial charge in [0, 0.05) is 38.5 Å². The molecule has 17 heavy (non-hydrogen) atoms. The van der Waals surface area contributed by atoms with Gasteiger partial charge in [-0.15, -0.1) is 0 Å². The van der Waals surface area contributed by atoms with Crippen LogP contribution in [0.2, 0.25) is 0 Å². The van der Waals surface area contributed by atoms with Crippen molar-refractivity contribution in [2.75, 3.05) is 19.7 Å². The Kier molecular flexibility index (Phi) is 6.96. The molecule has 0 saturated carbocycles. The Labute approximate surface area is 103 Å². The van der Waals surface area contributed by atoms with Crippen LogP contribution in [-0.4, -0.2) is 34.7 Å². The third kappa shape index (κ3) is 6.00. The van der Waals surface area contributed by atoms with Crippen LogP contribution in [0.4, 0.5) is 0 Å². The van der Waals surface area contributed by atoms with Crippen LogP contribution in [0.3, 0.4) is 0 Å². The molecule has 0 spiro atoms. The molecule has 0 fully saturated rings. The van der Waals surface area contributed by atoms with Crippen molar-refractivity contribution in [3.63, 3.8) is 0 Å². The summed E-state index contributed by atoms with van der Waals surface area (Å²) < 4.78 is 0. The molecule has 0 atom stereocenters. The molecule has 0 amide bonds. The molecular weight excluding hydrogens is 214 g/mol. The first kappa shape index (κ1) is 13.6. The molecule has 1 aromatic heterocycles. The van der Waals surface area contributed by atoms with Gasteiger partial charge in [-0.3, -0.25) is 9.88 Å². The zero-order valence-electron chi connectivity index (χ0n) is 10.0. The Hall–Kier alpha value is -1.44. The number of unbranched alkanes of at least 4 members (excludes halogenated alkanes) is 1. The highest BCUT2D eigenvalue weighted by molar-refractivity contribution is 5.08. The summed E-state index contributed by atoms with van der Waals surface area (Å²) in [6, 6.07) is 6.13. The molecule has 0 unspecified atom stereocenters. The van der Waals surface area contributed by atoms with Gasteiger partial charge in [0.15, 0.2) is 0 Å². The van der Waals surface area contributed by atoms with Gasteiger partial charge in [-0.05, 0) is 31.0 Å². The molecule has 4 heteroatoms. The summed E-state index contributed by atoms with van der Waals surface area (Å²) >= 11 is 0. The second-order valence-electron chi connectivity index (χ2n) is 3.98. The lowest BCUT2D eigenvalue weighted by Crippen LogP contribution is -2.25. The quantitative estimate of drug-likeness (QED) is 0.692. The van der Waals surface area contributed by atoms with Crippen molar-refractivity contribution < 1.29 is 5.11 Å². The summed E-state index contributed by atoms with van der Waals surface area (Å²) in [5.74, 6) is 0. The van der Waals surface area contributed by atoms with Gasteiger partial charge in [0.2, 0.25) is 0 Å². The zero-order valence-corrected chi connectivity index (χ0v) is 10.0. The fraction of sp³-hybridized carbons (Fsp3) is 0.538. The van der Waals surface area contributed by atoms with E-state index in [9.17, 15) is 0 Å². The van der Waals surface area contributed by atoms with Crippen LogP contribution in [0.5, 0.6) is 0 Å². The van der Waals surface area contributed by atoms with E-state index < -0.39 is 0 Å². The summed E-state index contributed by atoms with van der Waals surface area (Å²) in [7, 11) is 0. The highest BCUT2D eigenvalue weighted by Gasteiger charge is 2.05. The predicted molar refractivity (Wildman–Crippen MR) is 66.1 cm³/mol. The second kappa shape index (κ2) is 8.68. The van der Waals surface area contributed by atoms with Gasteiger partial charge < -0.3 is 5.11 Å². The molecule has 0 saturated heterocycles. The van der Waals surface area contributed by atoms with Gasteiger partial charge in [-0.25, -0.2) is 0 Å². The lowest BCUT2D eigenvalue weighted by Gasteiger charge is -2.20. The molecule has 4 nitrogen and oxygen atoms in total. The first-order valence-corrected chi connectivity index (χ1v) is 5.96. The SMILES string of the molecule is N#CCCN(CCCCO)Cc1cccnc1. The Bertz CT molecular complexity index is 334. The van der Waals surface area contributed by atoms with Gasteiger partial charge in [-0.1, -0.05) is 6.07 Å². The van der Waals surface area contributed by atoms with Gasteiger partial charge in [-0.2, -0.15) is 5.26 Å². The molecule has 92 valence electrons. The van der Waals surface area contributed by atoms with Crippen LogP contribution < -0.4 is 0 Å². The fourth-order valence-corrected chi connectivity index (χ4v) is 1.68. The summed E-state index contributed by atoms with van der Waals surface area (Å²) in [6.07, 6.45) is 5.93. The number of aromatic nitrogens is 1. The van der Waals surface area contributed by atoms with Gasteiger partial charge in [0.05, 0.1) is 6.07 Å². The van der Waals surface area contributed by atoms with Crippen LogP contribution in [0.15, 0.2) is 24.5 Å². The Morgan fingerprint density at radius 3 is 2.88 bits per heavy atom.